The molecule has 0 fully saturated rings. The van der Waals surface area contributed by atoms with Crippen molar-refractivity contribution in [2.24, 2.45) is 5.73 Å². The molecule has 1 unspecified atom stereocenters. The summed E-state index contributed by atoms with van der Waals surface area (Å²) < 4.78 is 12.7. The van der Waals surface area contributed by atoms with Crippen LogP contribution in [-0.4, -0.2) is 33.6 Å². The molecule has 29 heavy (non-hydrogen) atoms. The monoisotopic (exact) mass is 408 g/mol. The number of hydrogen-bond donors (Lipinski definition) is 2. The van der Waals surface area contributed by atoms with Crippen LogP contribution < -0.4 is 16.0 Å². The molecular weight excluding hydrogens is 380 g/mol. The number of nitrogens with zero attached hydrogens (tertiary/aromatic N) is 2. The van der Waals surface area contributed by atoms with Crippen LogP contribution in [0.3, 0.4) is 0 Å². The molecular formula is C23H28N4OS. The Hall–Kier alpha value is -2.44. The largest absolute Gasteiger partial charge is 0.378 e. The molecule has 2 heterocycles. The Labute approximate surface area is 174 Å². The number of fused-ring (bicyclic) bond motifs is 2. The predicted molar refractivity (Wildman–Crippen MR) is 122 cm³/mol. The molecule has 0 saturated carbocycles. The number of pyridine rings is 1. The minimum Gasteiger partial charge on any atom is -0.378 e. The third kappa shape index (κ3) is 4.14. The SMILES string of the molecule is Cc1ccc2nc(N3CCS(=O)c4ccccc4C3)cc(NC(C)(C)CN)c2c1. The number of aromatic nitrogens is 1. The van der Waals surface area contributed by atoms with E-state index < -0.39 is 10.8 Å². The number of nitrogens with two attached hydrogens (primary N) is 1. The van der Waals surface area contributed by atoms with E-state index in [0.717, 1.165) is 32.9 Å². The Kier molecular flexibility index (Phi) is 5.32. The van der Waals surface area contributed by atoms with Gasteiger partial charge in [0, 0.05) is 53.0 Å². The van der Waals surface area contributed by atoms with Crippen LogP contribution in [0, 0.1) is 6.92 Å². The van der Waals surface area contributed by atoms with Crippen LogP contribution in [0.1, 0.15) is 25.0 Å². The van der Waals surface area contributed by atoms with Gasteiger partial charge < -0.3 is 16.0 Å². The molecule has 1 aliphatic rings. The average Bonchev–Trinajstić information content (AvgIpc) is 2.87. The van der Waals surface area contributed by atoms with Crippen LogP contribution in [0.2, 0.25) is 0 Å². The van der Waals surface area contributed by atoms with Crippen molar-refractivity contribution in [3.05, 3.63) is 59.7 Å². The van der Waals surface area contributed by atoms with E-state index in [2.05, 4.69) is 61.3 Å². The van der Waals surface area contributed by atoms with Crippen molar-refractivity contribution in [2.45, 2.75) is 37.8 Å². The molecule has 3 aromatic rings. The molecule has 0 saturated heterocycles. The van der Waals surface area contributed by atoms with Crippen molar-refractivity contribution < 1.29 is 4.21 Å². The molecule has 0 radical (unpaired) electrons. The zero-order valence-electron chi connectivity index (χ0n) is 17.2. The quantitative estimate of drug-likeness (QED) is 0.687. The van der Waals surface area contributed by atoms with Gasteiger partial charge in [0.05, 0.1) is 16.3 Å². The molecule has 1 atom stereocenters. The second kappa shape index (κ2) is 7.76. The molecule has 6 heteroatoms. The van der Waals surface area contributed by atoms with Gasteiger partial charge in [-0.1, -0.05) is 29.8 Å². The first kappa shape index (κ1) is 19.9. The van der Waals surface area contributed by atoms with Gasteiger partial charge in [-0.25, -0.2) is 4.98 Å². The minimum absolute atomic E-state index is 0.234. The lowest BCUT2D eigenvalue weighted by Gasteiger charge is -2.28. The van der Waals surface area contributed by atoms with Gasteiger partial charge in [0.15, 0.2) is 0 Å². The summed E-state index contributed by atoms with van der Waals surface area (Å²) >= 11 is 0. The van der Waals surface area contributed by atoms with Gasteiger partial charge in [-0.3, -0.25) is 4.21 Å². The van der Waals surface area contributed by atoms with Gasteiger partial charge in [-0.15, -0.1) is 0 Å². The average molecular weight is 409 g/mol. The molecule has 0 spiro atoms. The molecule has 0 bridgehead atoms. The van der Waals surface area contributed by atoms with Crippen LogP contribution in [0.15, 0.2) is 53.4 Å². The first-order chi connectivity index (χ1) is 13.9. The number of rotatable bonds is 4. The zero-order chi connectivity index (χ0) is 20.6. The van der Waals surface area contributed by atoms with E-state index >= 15 is 0 Å². The van der Waals surface area contributed by atoms with Crippen LogP contribution in [-0.2, 0) is 17.3 Å². The fourth-order valence-corrected chi connectivity index (χ4v) is 4.91. The second-order valence-corrected chi connectivity index (χ2v) is 9.88. The smallest absolute Gasteiger partial charge is 0.131 e. The Morgan fingerprint density at radius 2 is 2.00 bits per heavy atom. The van der Waals surface area contributed by atoms with E-state index in [0.29, 0.717) is 25.4 Å². The number of aryl methyl sites for hydroxylation is 1. The lowest BCUT2D eigenvalue weighted by atomic mass is 10.0. The van der Waals surface area contributed by atoms with Crippen LogP contribution in [0.25, 0.3) is 10.9 Å². The van der Waals surface area contributed by atoms with E-state index in [1.54, 1.807) is 0 Å². The van der Waals surface area contributed by atoms with E-state index in [-0.39, 0.29) is 5.54 Å². The first-order valence-electron chi connectivity index (χ1n) is 9.97. The highest BCUT2D eigenvalue weighted by atomic mass is 32.2. The van der Waals surface area contributed by atoms with Gasteiger partial charge in [0.2, 0.25) is 0 Å². The number of anilines is 2. The maximum atomic E-state index is 12.7. The predicted octanol–water partition coefficient (Wildman–Crippen LogP) is 3.82. The van der Waals surface area contributed by atoms with Crippen molar-refractivity contribution in [3.63, 3.8) is 0 Å². The zero-order valence-corrected chi connectivity index (χ0v) is 18.1. The molecule has 0 aliphatic carbocycles. The molecule has 1 aliphatic heterocycles. The Morgan fingerprint density at radius 1 is 1.21 bits per heavy atom. The molecule has 152 valence electrons. The van der Waals surface area contributed by atoms with E-state index in [4.69, 9.17) is 10.7 Å². The molecule has 0 amide bonds. The topological polar surface area (TPSA) is 71.2 Å². The summed E-state index contributed by atoms with van der Waals surface area (Å²) in [6.45, 7) is 8.21. The summed E-state index contributed by atoms with van der Waals surface area (Å²) in [5.41, 5.74) is 10.0. The number of hydrogen-bond acceptors (Lipinski definition) is 5. The third-order valence-electron chi connectivity index (χ3n) is 5.38. The summed E-state index contributed by atoms with van der Waals surface area (Å²) in [4.78, 5) is 8.12. The van der Waals surface area contributed by atoms with Crippen molar-refractivity contribution in [1.82, 2.24) is 4.98 Å². The van der Waals surface area contributed by atoms with Gasteiger partial charge in [0.25, 0.3) is 0 Å². The summed E-state index contributed by atoms with van der Waals surface area (Å²) in [6.07, 6.45) is 0. The van der Waals surface area contributed by atoms with Crippen molar-refractivity contribution in [2.75, 3.05) is 29.1 Å². The molecule has 4 rings (SSSR count). The normalized spacial score (nSPS) is 17.1. The number of nitrogens with one attached hydrogen (secondary N) is 1. The highest BCUT2D eigenvalue weighted by molar-refractivity contribution is 7.85. The van der Waals surface area contributed by atoms with Crippen molar-refractivity contribution >= 4 is 33.2 Å². The molecule has 1 aromatic heterocycles. The lowest BCUT2D eigenvalue weighted by Crippen LogP contribution is -2.39. The van der Waals surface area contributed by atoms with Gasteiger partial charge in [0.1, 0.15) is 5.82 Å². The maximum absolute atomic E-state index is 12.7. The van der Waals surface area contributed by atoms with Gasteiger partial charge >= 0.3 is 0 Å². The third-order valence-corrected chi connectivity index (χ3v) is 6.83. The van der Waals surface area contributed by atoms with E-state index in [1.807, 2.05) is 18.2 Å². The standard InChI is InChI=1S/C23H28N4OS/c1-16-8-9-19-18(12-16)20(26-23(2,3)15-24)13-22(25-19)27-10-11-29(28)21-7-5-4-6-17(21)14-27/h4-9,12-13H,10-11,14-15,24H2,1-3H3,(H,25,26). The molecule has 3 N–H and O–H groups in total. The molecule has 5 nitrogen and oxygen atoms in total. The van der Waals surface area contributed by atoms with Crippen LogP contribution in [0.4, 0.5) is 11.5 Å². The maximum Gasteiger partial charge on any atom is 0.131 e. The van der Waals surface area contributed by atoms with Gasteiger partial charge in [-0.2, -0.15) is 0 Å². The summed E-state index contributed by atoms with van der Waals surface area (Å²) in [7, 11) is -0.981. The fraction of sp³-hybridized carbons (Fsp3) is 0.348. The van der Waals surface area contributed by atoms with Crippen molar-refractivity contribution in [3.8, 4) is 0 Å². The Morgan fingerprint density at radius 3 is 2.79 bits per heavy atom. The highest BCUT2D eigenvalue weighted by Gasteiger charge is 2.22. The number of benzene rings is 2. The molecule has 2 aromatic carbocycles. The van der Waals surface area contributed by atoms with Gasteiger partial charge in [-0.05, 0) is 44.5 Å². The minimum atomic E-state index is -0.981. The fourth-order valence-electron chi connectivity index (χ4n) is 3.65. The highest BCUT2D eigenvalue weighted by Crippen LogP contribution is 2.32. The first-order valence-corrected chi connectivity index (χ1v) is 11.3. The van der Waals surface area contributed by atoms with Crippen molar-refractivity contribution in [1.29, 1.82) is 0 Å². The van der Waals surface area contributed by atoms with Crippen LogP contribution in [0.5, 0.6) is 0 Å². The summed E-state index contributed by atoms with van der Waals surface area (Å²) in [6, 6.07) is 16.4. The van der Waals surface area contributed by atoms with Crippen LogP contribution >= 0.6 is 0 Å². The van der Waals surface area contributed by atoms with E-state index in [1.165, 1.54) is 5.56 Å². The summed E-state index contributed by atoms with van der Waals surface area (Å²) in [5, 5.41) is 4.70. The lowest BCUT2D eigenvalue weighted by molar-refractivity contribution is 0.581. The summed E-state index contributed by atoms with van der Waals surface area (Å²) in [5.74, 6) is 1.49. The van der Waals surface area contributed by atoms with E-state index in [9.17, 15) is 4.21 Å². The second-order valence-electron chi connectivity index (χ2n) is 8.34. The Balaban J connectivity index is 1.80. The Bertz CT molecular complexity index is 1080.